The number of piperidine rings is 1. The van der Waals surface area contributed by atoms with Gasteiger partial charge in [-0.1, -0.05) is 6.07 Å². The Morgan fingerprint density at radius 1 is 1.36 bits per heavy atom. The molecule has 0 aliphatic carbocycles. The molecule has 2 aliphatic heterocycles. The number of aromatic nitrogens is 1. The van der Waals surface area contributed by atoms with Crippen LogP contribution in [0.4, 0.5) is 0 Å². The molecule has 0 bridgehead atoms. The second-order valence-corrected chi connectivity index (χ2v) is 9.88. The van der Waals surface area contributed by atoms with Crippen LogP contribution < -0.4 is 5.32 Å². The maximum Gasteiger partial charge on any atom is 0.220 e. The molecule has 0 spiro atoms. The number of nitrogens with one attached hydrogen (secondary N) is 1. The SMILES string of the molecule is C[C@@]1(NC(=O)CC2CCN(Cc3ccccn3)CC2)CCS(=O)(=O)C1. The predicted molar refractivity (Wildman–Crippen MR) is 96.7 cm³/mol. The molecule has 2 fully saturated rings. The summed E-state index contributed by atoms with van der Waals surface area (Å²) in [6, 6.07) is 5.96. The van der Waals surface area contributed by atoms with E-state index >= 15 is 0 Å². The van der Waals surface area contributed by atoms with Crippen LogP contribution in [0.1, 0.15) is 38.3 Å². The van der Waals surface area contributed by atoms with Gasteiger partial charge in [0, 0.05) is 19.2 Å². The summed E-state index contributed by atoms with van der Waals surface area (Å²) in [7, 11) is -3.00. The fraction of sp³-hybridized carbons (Fsp3) is 0.667. The number of hydrogen-bond acceptors (Lipinski definition) is 5. The lowest BCUT2D eigenvalue weighted by molar-refractivity contribution is -0.123. The quantitative estimate of drug-likeness (QED) is 0.853. The van der Waals surface area contributed by atoms with Crippen molar-refractivity contribution in [1.29, 1.82) is 0 Å². The minimum Gasteiger partial charge on any atom is -0.350 e. The zero-order valence-corrected chi connectivity index (χ0v) is 15.6. The Kier molecular flexibility index (Phi) is 5.43. The maximum atomic E-state index is 12.3. The minimum atomic E-state index is -3.00. The zero-order valence-electron chi connectivity index (χ0n) is 14.8. The van der Waals surface area contributed by atoms with Gasteiger partial charge in [0.15, 0.2) is 9.84 Å². The van der Waals surface area contributed by atoms with Crippen molar-refractivity contribution in [3.8, 4) is 0 Å². The summed E-state index contributed by atoms with van der Waals surface area (Å²) in [6.45, 7) is 4.64. The Bertz CT molecular complexity index is 700. The second-order valence-electron chi connectivity index (χ2n) is 7.70. The van der Waals surface area contributed by atoms with E-state index in [1.807, 2.05) is 31.3 Å². The van der Waals surface area contributed by atoms with Crippen LogP contribution in [-0.4, -0.2) is 54.3 Å². The van der Waals surface area contributed by atoms with Crippen molar-refractivity contribution in [2.75, 3.05) is 24.6 Å². The van der Waals surface area contributed by atoms with E-state index in [2.05, 4.69) is 15.2 Å². The molecule has 138 valence electrons. The first-order chi connectivity index (χ1) is 11.8. The molecule has 0 saturated carbocycles. The highest BCUT2D eigenvalue weighted by atomic mass is 32.2. The van der Waals surface area contributed by atoms with Gasteiger partial charge in [-0.2, -0.15) is 0 Å². The number of carbonyl (C=O) groups excluding carboxylic acids is 1. The molecule has 2 saturated heterocycles. The van der Waals surface area contributed by atoms with Crippen LogP contribution in [0.5, 0.6) is 0 Å². The van der Waals surface area contributed by atoms with E-state index in [1.54, 1.807) is 0 Å². The molecular formula is C18H27N3O3S. The molecule has 0 unspecified atom stereocenters. The lowest BCUT2D eigenvalue weighted by Gasteiger charge is -2.32. The van der Waals surface area contributed by atoms with E-state index in [1.165, 1.54) is 0 Å². The highest BCUT2D eigenvalue weighted by molar-refractivity contribution is 7.91. The summed E-state index contributed by atoms with van der Waals surface area (Å²) in [5.74, 6) is 0.605. The number of likely N-dealkylation sites (tertiary alicyclic amines) is 1. The van der Waals surface area contributed by atoms with Gasteiger partial charge in [-0.05, 0) is 57.3 Å². The normalized spacial score (nSPS) is 27.2. The minimum absolute atomic E-state index is 0.0113. The Balaban J connectivity index is 1.42. The molecule has 3 heterocycles. The second kappa shape index (κ2) is 7.41. The van der Waals surface area contributed by atoms with Crippen LogP contribution >= 0.6 is 0 Å². The van der Waals surface area contributed by atoms with Crippen LogP contribution in [-0.2, 0) is 21.2 Å². The van der Waals surface area contributed by atoms with Gasteiger partial charge in [0.25, 0.3) is 0 Å². The van der Waals surface area contributed by atoms with Gasteiger partial charge in [-0.15, -0.1) is 0 Å². The van der Waals surface area contributed by atoms with E-state index in [0.717, 1.165) is 38.2 Å². The number of nitrogens with zero attached hydrogens (tertiary/aromatic N) is 2. The number of sulfone groups is 1. The molecule has 2 aliphatic rings. The molecule has 1 atom stereocenters. The first kappa shape index (κ1) is 18.3. The van der Waals surface area contributed by atoms with E-state index in [-0.39, 0.29) is 17.4 Å². The highest BCUT2D eigenvalue weighted by Gasteiger charge is 2.39. The Labute approximate surface area is 149 Å². The molecule has 7 heteroatoms. The number of rotatable bonds is 5. The van der Waals surface area contributed by atoms with Crippen LogP contribution in [0.15, 0.2) is 24.4 Å². The average Bonchev–Trinajstić information content (AvgIpc) is 2.83. The van der Waals surface area contributed by atoms with E-state index in [4.69, 9.17) is 0 Å². The third kappa shape index (κ3) is 5.25. The molecule has 1 amide bonds. The van der Waals surface area contributed by atoms with E-state index in [0.29, 0.717) is 18.8 Å². The van der Waals surface area contributed by atoms with Crippen LogP contribution in [0.2, 0.25) is 0 Å². The van der Waals surface area contributed by atoms with Gasteiger partial charge in [0.2, 0.25) is 5.91 Å². The van der Waals surface area contributed by atoms with Crippen LogP contribution in [0.25, 0.3) is 0 Å². The van der Waals surface area contributed by atoms with Crippen molar-refractivity contribution in [2.45, 2.75) is 44.7 Å². The van der Waals surface area contributed by atoms with Crippen molar-refractivity contribution >= 4 is 15.7 Å². The van der Waals surface area contributed by atoms with Gasteiger partial charge in [0.05, 0.1) is 22.7 Å². The lowest BCUT2D eigenvalue weighted by atomic mass is 9.92. The first-order valence-electron chi connectivity index (χ1n) is 8.97. The number of amides is 1. The summed E-state index contributed by atoms with van der Waals surface area (Å²) in [5, 5.41) is 2.97. The van der Waals surface area contributed by atoms with Crippen molar-refractivity contribution in [3.05, 3.63) is 30.1 Å². The summed E-state index contributed by atoms with van der Waals surface area (Å²) in [6.07, 6.45) is 4.82. The summed E-state index contributed by atoms with van der Waals surface area (Å²) < 4.78 is 23.3. The smallest absolute Gasteiger partial charge is 0.220 e. The third-order valence-corrected chi connectivity index (χ3v) is 7.14. The third-order valence-electron chi connectivity index (χ3n) is 5.24. The van der Waals surface area contributed by atoms with Crippen molar-refractivity contribution in [2.24, 2.45) is 5.92 Å². The Hall–Kier alpha value is -1.47. The maximum absolute atomic E-state index is 12.3. The molecule has 1 N–H and O–H groups in total. The molecule has 3 rings (SSSR count). The fourth-order valence-electron chi connectivity index (χ4n) is 3.83. The van der Waals surface area contributed by atoms with Gasteiger partial charge in [0.1, 0.15) is 0 Å². The molecule has 25 heavy (non-hydrogen) atoms. The number of pyridine rings is 1. The average molecular weight is 365 g/mol. The van der Waals surface area contributed by atoms with Gasteiger partial charge in [-0.3, -0.25) is 14.7 Å². The number of hydrogen-bond donors (Lipinski definition) is 1. The zero-order chi connectivity index (χ0) is 17.9. The van der Waals surface area contributed by atoms with Crippen molar-refractivity contribution in [1.82, 2.24) is 15.2 Å². The monoisotopic (exact) mass is 365 g/mol. The molecule has 0 radical (unpaired) electrons. The van der Waals surface area contributed by atoms with Crippen molar-refractivity contribution < 1.29 is 13.2 Å². The Morgan fingerprint density at radius 3 is 2.72 bits per heavy atom. The predicted octanol–water partition coefficient (Wildman–Crippen LogP) is 1.38. The standard InChI is InChI=1S/C18H27N3O3S/c1-18(7-11-25(23,24)14-18)20-17(22)12-15-5-9-21(10-6-15)13-16-4-2-3-8-19-16/h2-4,8,15H,5-7,9-14H2,1H3,(H,20,22)/t18-/m1/s1. The van der Waals surface area contributed by atoms with Crippen molar-refractivity contribution in [3.63, 3.8) is 0 Å². The summed E-state index contributed by atoms with van der Waals surface area (Å²) >= 11 is 0. The van der Waals surface area contributed by atoms with E-state index < -0.39 is 15.4 Å². The van der Waals surface area contributed by atoms with Gasteiger partial charge < -0.3 is 5.32 Å². The number of carbonyl (C=O) groups is 1. The van der Waals surface area contributed by atoms with E-state index in [9.17, 15) is 13.2 Å². The summed E-state index contributed by atoms with van der Waals surface area (Å²) in [4.78, 5) is 19.1. The molecular weight excluding hydrogens is 338 g/mol. The topological polar surface area (TPSA) is 79.4 Å². The van der Waals surface area contributed by atoms with Crippen LogP contribution in [0, 0.1) is 5.92 Å². The largest absolute Gasteiger partial charge is 0.350 e. The Morgan fingerprint density at radius 2 is 2.12 bits per heavy atom. The first-order valence-corrected chi connectivity index (χ1v) is 10.8. The molecule has 1 aromatic heterocycles. The fourth-order valence-corrected chi connectivity index (χ4v) is 5.92. The highest BCUT2D eigenvalue weighted by Crippen LogP contribution is 2.25. The molecule has 6 nitrogen and oxygen atoms in total. The molecule has 0 aromatic carbocycles. The van der Waals surface area contributed by atoms with Gasteiger partial charge >= 0.3 is 0 Å². The van der Waals surface area contributed by atoms with Crippen LogP contribution in [0.3, 0.4) is 0 Å². The lowest BCUT2D eigenvalue weighted by Crippen LogP contribution is -2.47. The molecule has 1 aromatic rings. The summed E-state index contributed by atoms with van der Waals surface area (Å²) in [5.41, 5.74) is 0.490. The van der Waals surface area contributed by atoms with Gasteiger partial charge in [-0.25, -0.2) is 8.42 Å².